The first-order valence-electron chi connectivity index (χ1n) is 6.85. The lowest BCUT2D eigenvalue weighted by Gasteiger charge is -2.07. The number of phenolic OH excluding ortho intramolecular Hbond substituents is 1. The minimum absolute atomic E-state index is 0.0713. The van der Waals surface area contributed by atoms with Crippen LogP contribution >= 0.6 is 47.8 Å². The molecule has 0 saturated carbocycles. The number of hydrogen-bond donors (Lipinski definition) is 2. The predicted molar refractivity (Wildman–Crippen MR) is 106 cm³/mol. The molecule has 0 atom stereocenters. The molecule has 1 aromatic heterocycles. The first-order chi connectivity index (χ1) is 11.4. The van der Waals surface area contributed by atoms with Gasteiger partial charge in [0.1, 0.15) is 17.6 Å². The van der Waals surface area contributed by atoms with E-state index in [2.05, 4.69) is 63.8 Å². The van der Waals surface area contributed by atoms with Crippen LogP contribution in [0, 0.1) is 18.3 Å². The van der Waals surface area contributed by atoms with Crippen LogP contribution in [0.2, 0.25) is 0 Å². The molecule has 0 amide bonds. The second-order valence-electron chi connectivity index (χ2n) is 5.19. The number of rotatable bonds is 2. The Bertz CT molecular complexity index is 1030. The number of halogens is 3. The summed E-state index contributed by atoms with van der Waals surface area (Å²) in [5.74, 6) is 0.557. The molecule has 3 aromatic rings. The van der Waals surface area contributed by atoms with E-state index >= 15 is 0 Å². The predicted octanol–water partition coefficient (Wildman–Crippen LogP) is 5.93. The Morgan fingerprint density at radius 1 is 1.25 bits per heavy atom. The maximum absolute atomic E-state index is 10.1. The Hall–Kier alpha value is -1.62. The Kier molecular flexibility index (Phi) is 4.81. The molecular formula is C17H10Br3N3O. The summed E-state index contributed by atoms with van der Waals surface area (Å²) in [6.07, 6.45) is 1.67. The maximum atomic E-state index is 10.1. The maximum Gasteiger partial charge on any atom is 0.149 e. The molecule has 2 aromatic carbocycles. The Balaban J connectivity index is 2.16. The number of aromatic hydroxyl groups is 1. The molecule has 0 bridgehead atoms. The zero-order chi connectivity index (χ0) is 17.4. The minimum Gasteiger partial charge on any atom is -0.506 e. The van der Waals surface area contributed by atoms with Gasteiger partial charge in [0.15, 0.2) is 0 Å². The van der Waals surface area contributed by atoms with Gasteiger partial charge in [-0.15, -0.1) is 0 Å². The summed E-state index contributed by atoms with van der Waals surface area (Å²) >= 11 is 10.1. The van der Waals surface area contributed by atoms with Gasteiger partial charge in [0.2, 0.25) is 0 Å². The van der Waals surface area contributed by atoms with Gasteiger partial charge in [-0.25, -0.2) is 4.98 Å². The summed E-state index contributed by atoms with van der Waals surface area (Å²) in [5, 5.41) is 19.6. The number of nitriles is 1. The number of aromatic nitrogens is 2. The average molecular weight is 512 g/mol. The number of nitrogens with zero attached hydrogens (tertiary/aromatic N) is 2. The molecule has 0 fully saturated rings. The SMILES string of the molecule is Cc1ccc2nc(/C(C#N)=C/c3c(Br)cc(Br)c(O)c3Br)[nH]c2c1. The van der Waals surface area contributed by atoms with Crippen molar-refractivity contribution in [2.24, 2.45) is 0 Å². The van der Waals surface area contributed by atoms with Gasteiger partial charge in [-0.1, -0.05) is 22.0 Å². The zero-order valence-electron chi connectivity index (χ0n) is 12.4. The molecular weight excluding hydrogens is 502 g/mol. The number of aromatic amines is 1. The van der Waals surface area contributed by atoms with Crippen LogP contribution in [0.4, 0.5) is 0 Å². The fraction of sp³-hybridized carbons (Fsp3) is 0.0588. The summed E-state index contributed by atoms with van der Waals surface area (Å²) in [6, 6.07) is 9.76. The first-order valence-corrected chi connectivity index (χ1v) is 9.23. The van der Waals surface area contributed by atoms with Crippen molar-refractivity contribution in [1.82, 2.24) is 9.97 Å². The van der Waals surface area contributed by atoms with E-state index in [1.54, 1.807) is 12.1 Å². The van der Waals surface area contributed by atoms with Gasteiger partial charge in [0.05, 0.1) is 25.6 Å². The molecule has 0 unspecified atom stereocenters. The van der Waals surface area contributed by atoms with E-state index in [1.807, 2.05) is 25.1 Å². The van der Waals surface area contributed by atoms with E-state index in [1.165, 1.54) is 0 Å². The van der Waals surface area contributed by atoms with Crippen molar-refractivity contribution in [3.05, 3.63) is 54.6 Å². The van der Waals surface area contributed by atoms with Crippen molar-refractivity contribution in [1.29, 1.82) is 5.26 Å². The minimum atomic E-state index is 0.0713. The topological polar surface area (TPSA) is 72.7 Å². The van der Waals surface area contributed by atoms with Crippen LogP contribution in [-0.2, 0) is 0 Å². The second kappa shape index (κ2) is 6.71. The number of phenols is 1. The molecule has 0 aliphatic heterocycles. The number of aryl methyl sites for hydroxylation is 1. The van der Waals surface area contributed by atoms with E-state index < -0.39 is 0 Å². The molecule has 4 nitrogen and oxygen atoms in total. The fourth-order valence-corrected chi connectivity index (χ4v) is 4.63. The highest BCUT2D eigenvalue weighted by molar-refractivity contribution is 9.11. The van der Waals surface area contributed by atoms with E-state index in [0.717, 1.165) is 21.1 Å². The molecule has 0 aliphatic rings. The highest BCUT2D eigenvalue weighted by Gasteiger charge is 2.15. The largest absolute Gasteiger partial charge is 0.506 e. The van der Waals surface area contributed by atoms with Crippen LogP contribution in [0.25, 0.3) is 22.7 Å². The number of hydrogen-bond acceptors (Lipinski definition) is 3. The summed E-state index contributed by atoms with van der Waals surface area (Å²) in [4.78, 5) is 7.64. The number of benzene rings is 2. The van der Waals surface area contributed by atoms with Gasteiger partial charge in [-0.05, 0) is 68.6 Å². The van der Waals surface area contributed by atoms with Crippen LogP contribution in [0.3, 0.4) is 0 Å². The highest BCUT2D eigenvalue weighted by Crippen LogP contribution is 2.40. The molecule has 0 saturated heterocycles. The molecule has 7 heteroatoms. The summed E-state index contributed by atoms with van der Waals surface area (Å²) in [6.45, 7) is 2.00. The van der Waals surface area contributed by atoms with Gasteiger partial charge in [-0.3, -0.25) is 0 Å². The standard InChI is InChI=1S/C17H10Br3N3O/c1-8-2-3-13-14(4-8)23-17(22-13)9(7-21)5-10-11(18)6-12(19)16(24)15(10)20/h2-6,24H,1H3,(H,22,23)/b9-5+. The van der Waals surface area contributed by atoms with Gasteiger partial charge in [-0.2, -0.15) is 5.26 Å². The second-order valence-corrected chi connectivity index (χ2v) is 7.69. The van der Waals surface area contributed by atoms with Gasteiger partial charge >= 0.3 is 0 Å². The van der Waals surface area contributed by atoms with Crippen molar-refractivity contribution >= 4 is 70.5 Å². The van der Waals surface area contributed by atoms with Crippen molar-refractivity contribution in [3.8, 4) is 11.8 Å². The molecule has 0 radical (unpaired) electrons. The summed E-state index contributed by atoms with van der Waals surface area (Å²) < 4.78 is 1.78. The quantitative estimate of drug-likeness (QED) is 0.419. The molecule has 0 aliphatic carbocycles. The lowest BCUT2D eigenvalue weighted by molar-refractivity contribution is 0.468. The van der Waals surface area contributed by atoms with Crippen molar-refractivity contribution in [2.45, 2.75) is 6.92 Å². The van der Waals surface area contributed by atoms with E-state index in [-0.39, 0.29) is 5.75 Å². The zero-order valence-corrected chi connectivity index (χ0v) is 17.1. The van der Waals surface area contributed by atoms with Crippen LogP contribution < -0.4 is 0 Å². The fourth-order valence-electron chi connectivity index (χ4n) is 2.28. The number of fused-ring (bicyclic) bond motifs is 1. The van der Waals surface area contributed by atoms with Crippen molar-refractivity contribution < 1.29 is 5.11 Å². The van der Waals surface area contributed by atoms with E-state index in [9.17, 15) is 10.4 Å². The number of imidazole rings is 1. The third-order valence-corrected chi connectivity index (χ3v) is 5.55. The summed E-state index contributed by atoms with van der Waals surface area (Å²) in [7, 11) is 0. The smallest absolute Gasteiger partial charge is 0.149 e. The lowest BCUT2D eigenvalue weighted by atomic mass is 10.1. The highest BCUT2D eigenvalue weighted by atomic mass is 79.9. The lowest BCUT2D eigenvalue weighted by Crippen LogP contribution is -1.88. The number of H-pyrrole nitrogens is 1. The molecule has 3 rings (SSSR count). The molecule has 1 heterocycles. The molecule has 0 spiro atoms. The van der Waals surface area contributed by atoms with Crippen LogP contribution in [-0.4, -0.2) is 15.1 Å². The first kappa shape index (κ1) is 17.2. The molecule has 24 heavy (non-hydrogen) atoms. The van der Waals surface area contributed by atoms with Crippen LogP contribution in [0.15, 0.2) is 37.7 Å². The average Bonchev–Trinajstić information content (AvgIpc) is 2.95. The van der Waals surface area contributed by atoms with Gasteiger partial charge in [0.25, 0.3) is 0 Å². The Labute approximate surface area is 163 Å². The third-order valence-electron chi connectivity index (χ3n) is 3.48. The van der Waals surface area contributed by atoms with Gasteiger partial charge in [0, 0.05) is 10.0 Å². The Morgan fingerprint density at radius 3 is 2.71 bits per heavy atom. The van der Waals surface area contributed by atoms with Crippen molar-refractivity contribution in [3.63, 3.8) is 0 Å². The number of allylic oxidation sites excluding steroid dienone is 1. The third kappa shape index (κ3) is 3.14. The van der Waals surface area contributed by atoms with Gasteiger partial charge < -0.3 is 10.1 Å². The normalized spacial score (nSPS) is 11.7. The van der Waals surface area contributed by atoms with Crippen LogP contribution in [0.5, 0.6) is 5.75 Å². The number of nitrogens with one attached hydrogen (secondary N) is 1. The van der Waals surface area contributed by atoms with E-state index in [4.69, 9.17) is 0 Å². The molecule has 2 N–H and O–H groups in total. The monoisotopic (exact) mass is 509 g/mol. The van der Waals surface area contributed by atoms with E-state index in [0.29, 0.717) is 25.9 Å². The Morgan fingerprint density at radius 2 is 2.00 bits per heavy atom. The molecule has 120 valence electrons. The summed E-state index contributed by atoms with van der Waals surface area (Å²) in [5.41, 5.74) is 3.82. The van der Waals surface area contributed by atoms with Crippen molar-refractivity contribution in [2.75, 3.05) is 0 Å². The van der Waals surface area contributed by atoms with Crippen LogP contribution in [0.1, 0.15) is 17.0 Å².